The highest BCUT2D eigenvalue weighted by atomic mass is 16.1. The average molecular weight is 392 g/mol. The Balaban J connectivity index is 2.03. The Morgan fingerprint density at radius 1 is 0.933 bits per heavy atom. The predicted molar refractivity (Wildman–Crippen MR) is 114 cm³/mol. The van der Waals surface area contributed by atoms with Crippen molar-refractivity contribution in [3.05, 3.63) is 107 Å². The standard InChI is InChI=1S/C24H16N4O2/c25-14-16-7-4-5-10-19(16)20-13-17(21-11-6-12-22(27-21)23(26)29)15-28(24(20)30)18-8-2-1-3-9-18/h1-13,15H,(H2,26,29). The number of carbonyl (C=O) groups is 1. The minimum Gasteiger partial charge on any atom is -0.364 e. The molecule has 6 nitrogen and oxygen atoms in total. The summed E-state index contributed by atoms with van der Waals surface area (Å²) < 4.78 is 1.51. The van der Waals surface area contributed by atoms with Crippen LogP contribution in [0.5, 0.6) is 0 Å². The third kappa shape index (κ3) is 3.48. The maximum atomic E-state index is 13.4. The Hall–Kier alpha value is -4.50. The molecule has 2 aromatic heterocycles. The topological polar surface area (TPSA) is 102 Å². The first-order valence-corrected chi connectivity index (χ1v) is 9.17. The normalized spacial score (nSPS) is 10.4. The first-order chi connectivity index (χ1) is 14.6. The van der Waals surface area contributed by atoms with Crippen molar-refractivity contribution in [3.8, 4) is 34.1 Å². The van der Waals surface area contributed by atoms with Crippen molar-refractivity contribution in [1.29, 1.82) is 5.26 Å². The molecule has 0 aliphatic heterocycles. The van der Waals surface area contributed by atoms with E-state index < -0.39 is 5.91 Å². The van der Waals surface area contributed by atoms with Crippen LogP contribution < -0.4 is 11.3 Å². The summed E-state index contributed by atoms with van der Waals surface area (Å²) in [5.41, 5.74) is 8.30. The zero-order valence-electron chi connectivity index (χ0n) is 15.8. The summed E-state index contributed by atoms with van der Waals surface area (Å²) in [4.78, 5) is 29.3. The fourth-order valence-electron chi connectivity index (χ4n) is 3.24. The van der Waals surface area contributed by atoms with Crippen molar-refractivity contribution < 1.29 is 4.79 Å². The molecule has 1 amide bonds. The highest BCUT2D eigenvalue weighted by Gasteiger charge is 2.15. The van der Waals surface area contributed by atoms with E-state index in [2.05, 4.69) is 11.1 Å². The molecule has 0 bridgehead atoms. The molecule has 144 valence electrons. The van der Waals surface area contributed by atoms with Crippen LogP contribution in [0.3, 0.4) is 0 Å². The number of rotatable bonds is 4. The molecule has 2 aromatic carbocycles. The third-order valence-electron chi connectivity index (χ3n) is 4.69. The number of nitrogens with two attached hydrogens (primary N) is 1. The molecule has 0 saturated carbocycles. The third-order valence-corrected chi connectivity index (χ3v) is 4.69. The van der Waals surface area contributed by atoms with Gasteiger partial charge in [0.2, 0.25) is 0 Å². The predicted octanol–water partition coefficient (Wildman–Crippen LogP) is 3.54. The van der Waals surface area contributed by atoms with Gasteiger partial charge in [-0.3, -0.25) is 14.2 Å². The van der Waals surface area contributed by atoms with Crippen LogP contribution >= 0.6 is 0 Å². The summed E-state index contributed by atoms with van der Waals surface area (Å²) in [6.45, 7) is 0. The SMILES string of the molecule is N#Cc1ccccc1-c1cc(-c2cccc(C(N)=O)n2)cn(-c2ccccc2)c1=O. The van der Waals surface area contributed by atoms with Crippen LogP contribution in [0, 0.1) is 11.3 Å². The van der Waals surface area contributed by atoms with Gasteiger partial charge in [0.25, 0.3) is 11.5 Å². The molecule has 0 fully saturated rings. The summed E-state index contributed by atoms with van der Waals surface area (Å²) in [5.74, 6) is -0.636. The van der Waals surface area contributed by atoms with Crippen LogP contribution in [0.1, 0.15) is 16.1 Å². The molecular formula is C24H16N4O2. The number of benzene rings is 2. The van der Waals surface area contributed by atoms with Crippen LogP contribution in [0.4, 0.5) is 0 Å². The second-order valence-electron chi connectivity index (χ2n) is 6.58. The monoisotopic (exact) mass is 392 g/mol. The molecule has 0 atom stereocenters. The zero-order chi connectivity index (χ0) is 21.1. The number of hydrogen-bond donors (Lipinski definition) is 1. The van der Waals surface area contributed by atoms with E-state index in [9.17, 15) is 14.9 Å². The van der Waals surface area contributed by atoms with E-state index in [1.807, 2.05) is 30.3 Å². The van der Waals surface area contributed by atoms with Gasteiger partial charge in [0.1, 0.15) is 5.69 Å². The van der Waals surface area contributed by atoms with Gasteiger partial charge in [-0.2, -0.15) is 5.26 Å². The van der Waals surface area contributed by atoms with Crippen LogP contribution in [0.25, 0.3) is 28.1 Å². The van der Waals surface area contributed by atoms with E-state index in [1.165, 1.54) is 10.6 Å². The molecule has 2 heterocycles. The van der Waals surface area contributed by atoms with Gasteiger partial charge in [-0.05, 0) is 36.4 Å². The molecule has 4 rings (SSSR count). The van der Waals surface area contributed by atoms with Crippen molar-refractivity contribution in [2.45, 2.75) is 0 Å². The fourth-order valence-corrected chi connectivity index (χ4v) is 3.24. The van der Waals surface area contributed by atoms with Crippen LogP contribution in [-0.2, 0) is 0 Å². The van der Waals surface area contributed by atoms with E-state index in [0.717, 1.165) is 0 Å². The van der Waals surface area contributed by atoms with Gasteiger partial charge in [0.15, 0.2) is 0 Å². The van der Waals surface area contributed by atoms with E-state index >= 15 is 0 Å². The maximum Gasteiger partial charge on any atom is 0.267 e. The van der Waals surface area contributed by atoms with E-state index in [0.29, 0.717) is 33.6 Å². The Labute approximate surface area is 172 Å². The molecule has 4 aromatic rings. The number of primary amides is 1. The first kappa shape index (κ1) is 18.8. The average Bonchev–Trinajstić information content (AvgIpc) is 2.80. The molecule has 0 radical (unpaired) electrons. The Bertz CT molecular complexity index is 1350. The van der Waals surface area contributed by atoms with E-state index in [1.54, 1.807) is 48.7 Å². The Morgan fingerprint density at radius 2 is 1.67 bits per heavy atom. The lowest BCUT2D eigenvalue weighted by Gasteiger charge is -2.13. The lowest BCUT2D eigenvalue weighted by atomic mass is 9.99. The minimum atomic E-state index is -0.636. The van der Waals surface area contributed by atoms with Crippen molar-refractivity contribution in [2.75, 3.05) is 0 Å². The summed E-state index contributed by atoms with van der Waals surface area (Å²) in [6.07, 6.45) is 1.67. The molecule has 0 saturated heterocycles. The number of hydrogen-bond acceptors (Lipinski definition) is 4. The number of nitrogens with zero attached hydrogens (tertiary/aromatic N) is 3. The molecule has 0 spiro atoms. The van der Waals surface area contributed by atoms with Crippen molar-refractivity contribution in [1.82, 2.24) is 9.55 Å². The first-order valence-electron chi connectivity index (χ1n) is 9.17. The number of amides is 1. The van der Waals surface area contributed by atoms with Crippen LogP contribution in [-0.4, -0.2) is 15.5 Å². The Morgan fingerprint density at radius 3 is 2.40 bits per heavy atom. The van der Waals surface area contributed by atoms with Gasteiger partial charge in [0, 0.05) is 28.6 Å². The molecule has 0 aliphatic carbocycles. The lowest BCUT2D eigenvalue weighted by molar-refractivity contribution is 0.0995. The van der Waals surface area contributed by atoms with Gasteiger partial charge in [-0.1, -0.05) is 42.5 Å². The van der Waals surface area contributed by atoms with Gasteiger partial charge in [0.05, 0.1) is 17.3 Å². The van der Waals surface area contributed by atoms with Gasteiger partial charge >= 0.3 is 0 Å². The minimum absolute atomic E-state index is 0.129. The number of pyridine rings is 2. The number of aromatic nitrogens is 2. The molecular weight excluding hydrogens is 376 g/mol. The molecule has 6 heteroatoms. The summed E-state index contributed by atoms with van der Waals surface area (Å²) in [6, 6.07) is 24.9. The fraction of sp³-hybridized carbons (Fsp3) is 0. The highest BCUT2D eigenvalue weighted by Crippen LogP contribution is 2.26. The number of carbonyl (C=O) groups excluding carboxylic acids is 1. The van der Waals surface area contributed by atoms with Gasteiger partial charge in [-0.25, -0.2) is 4.98 Å². The van der Waals surface area contributed by atoms with Crippen molar-refractivity contribution in [3.63, 3.8) is 0 Å². The number of nitriles is 1. The smallest absolute Gasteiger partial charge is 0.267 e. The molecule has 0 aliphatic rings. The summed E-state index contributed by atoms with van der Waals surface area (Å²) >= 11 is 0. The van der Waals surface area contributed by atoms with Crippen molar-refractivity contribution in [2.24, 2.45) is 5.73 Å². The molecule has 30 heavy (non-hydrogen) atoms. The maximum absolute atomic E-state index is 13.4. The van der Waals surface area contributed by atoms with Crippen molar-refractivity contribution >= 4 is 5.91 Å². The quantitative estimate of drug-likeness (QED) is 0.574. The highest BCUT2D eigenvalue weighted by molar-refractivity contribution is 5.91. The molecule has 2 N–H and O–H groups in total. The van der Waals surface area contributed by atoms with Gasteiger partial charge in [-0.15, -0.1) is 0 Å². The lowest BCUT2D eigenvalue weighted by Crippen LogP contribution is -2.20. The second kappa shape index (κ2) is 7.86. The van der Waals surface area contributed by atoms with Crippen LogP contribution in [0.15, 0.2) is 89.9 Å². The Kier molecular flexibility index (Phi) is 4.93. The van der Waals surface area contributed by atoms with E-state index in [4.69, 9.17) is 5.73 Å². The van der Waals surface area contributed by atoms with Crippen LogP contribution in [0.2, 0.25) is 0 Å². The number of para-hydroxylation sites is 1. The van der Waals surface area contributed by atoms with Gasteiger partial charge < -0.3 is 5.73 Å². The van der Waals surface area contributed by atoms with E-state index in [-0.39, 0.29) is 11.3 Å². The summed E-state index contributed by atoms with van der Waals surface area (Å²) in [7, 11) is 0. The molecule has 0 unspecified atom stereocenters. The second-order valence-corrected chi connectivity index (χ2v) is 6.58. The zero-order valence-corrected chi connectivity index (χ0v) is 15.8. The largest absolute Gasteiger partial charge is 0.364 e. The summed E-state index contributed by atoms with van der Waals surface area (Å²) in [5, 5.41) is 9.52.